The van der Waals surface area contributed by atoms with Gasteiger partial charge >= 0.3 is 17.9 Å². The molecule has 0 aromatic heterocycles. The highest BCUT2D eigenvalue weighted by Gasteiger charge is 2.13. The van der Waals surface area contributed by atoms with Crippen molar-refractivity contribution in [2.45, 2.75) is 40.0 Å². The summed E-state index contributed by atoms with van der Waals surface area (Å²) in [6, 6.07) is 18.6. The number of hydrogen-bond acceptors (Lipinski definition) is 7. The standard InChI is InChI=1S/C31H32O7/c1-5-23-8-13-26(14-9-23)37-30(33)24-10-15-27(16-11-24)38-31(34)25-12-17-28(22(4)20-25)35-18-6-7-19-36-29(32)21(2)3/h8-17,20H,2,5-7,18-19H2,1,3-4H3. The van der Waals surface area contributed by atoms with Crippen LogP contribution in [-0.2, 0) is 16.0 Å². The lowest BCUT2D eigenvalue weighted by atomic mass is 10.1. The molecule has 0 heterocycles. The van der Waals surface area contributed by atoms with E-state index in [2.05, 4.69) is 13.5 Å². The van der Waals surface area contributed by atoms with Crippen molar-refractivity contribution >= 4 is 17.9 Å². The molecule has 198 valence electrons. The van der Waals surface area contributed by atoms with Crippen molar-refractivity contribution in [1.82, 2.24) is 0 Å². The molecule has 0 amide bonds. The van der Waals surface area contributed by atoms with Crippen molar-refractivity contribution in [3.8, 4) is 17.2 Å². The molecule has 0 saturated heterocycles. The Hall–Kier alpha value is -4.39. The summed E-state index contributed by atoms with van der Waals surface area (Å²) in [7, 11) is 0. The second-order valence-electron chi connectivity index (χ2n) is 8.75. The quantitative estimate of drug-likeness (QED) is 0.121. The van der Waals surface area contributed by atoms with Gasteiger partial charge in [0.1, 0.15) is 17.2 Å². The summed E-state index contributed by atoms with van der Waals surface area (Å²) < 4.78 is 21.7. The highest BCUT2D eigenvalue weighted by Crippen LogP contribution is 2.22. The largest absolute Gasteiger partial charge is 0.493 e. The number of esters is 3. The van der Waals surface area contributed by atoms with Gasteiger partial charge in [0.15, 0.2) is 0 Å². The van der Waals surface area contributed by atoms with Gasteiger partial charge in [-0.15, -0.1) is 0 Å². The molecule has 0 aliphatic rings. The summed E-state index contributed by atoms with van der Waals surface area (Å²) in [4.78, 5) is 36.4. The zero-order valence-electron chi connectivity index (χ0n) is 22.0. The van der Waals surface area contributed by atoms with Gasteiger partial charge in [-0.2, -0.15) is 0 Å². The summed E-state index contributed by atoms with van der Waals surface area (Å²) >= 11 is 0. The molecular weight excluding hydrogens is 484 g/mol. The van der Waals surface area contributed by atoms with Crippen LogP contribution in [0.2, 0.25) is 0 Å². The summed E-state index contributed by atoms with van der Waals surface area (Å²) in [6.07, 6.45) is 2.29. The lowest BCUT2D eigenvalue weighted by Gasteiger charge is -2.11. The van der Waals surface area contributed by atoms with Crippen LogP contribution in [0.1, 0.15) is 58.5 Å². The topological polar surface area (TPSA) is 88.1 Å². The Balaban J connectivity index is 1.47. The average molecular weight is 517 g/mol. The molecule has 3 rings (SSSR count). The van der Waals surface area contributed by atoms with Crippen molar-refractivity contribution < 1.29 is 33.3 Å². The van der Waals surface area contributed by atoms with Crippen molar-refractivity contribution in [1.29, 1.82) is 0 Å². The normalized spacial score (nSPS) is 10.4. The van der Waals surface area contributed by atoms with Crippen LogP contribution >= 0.6 is 0 Å². The van der Waals surface area contributed by atoms with Crippen LogP contribution in [0.3, 0.4) is 0 Å². The Kier molecular flexibility index (Phi) is 10.2. The van der Waals surface area contributed by atoms with Gasteiger partial charge in [-0.05, 0) is 98.8 Å². The molecule has 7 nitrogen and oxygen atoms in total. The van der Waals surface area contributed by atoms with E-state index < -0.39 is 17.9 Å². The first-order chi connectivity index (χ1) is 18.3. The van der Waals surface area contributed by atoms with Gasteiger partial charge in [0, 0.05) is 5.57 Å². The fraction of sp³-hybridized carbons (Fsp3) is 0.258. The third-order valence-electron chi connectivity index (χ3n) is 5.63. The fourth-order valence-electron chi connectivity index (χ4n) is 3.40. The lowest BCUT2D eigenvalue weighted by Crippen LogP contribution is -2.11. The first-order valence-electron chi connectivity index (χ1n) is 12.5. The monoisotopic (exact) mass is 516 g/mol. The molecule has 0 saturated carbocycles. The van der Waals surface area contributed by atoms with Gasteiger partial charge in [-0.1, -0.05) is 25.6 Å². The summed E-state index contributed by atoms with van der Waals surface area (Å²) in [5, 5.41) is 0. The Morgan fingerprint density at radius 1 is 0.763 bits per heavy atom. The van der Waals surface area contributed by atoms with E-state index in [0.717, 1.165) is 17.5 Å². The number of carbonyl (C=O) groups is 3. The molecule has 0 bridgehead atoms. The Labute approximate surface area is 223 Å². The fourth-order valence-corrected chi connectivity index (χ4v) is 3.40. The van der Waals surface area contributed by atoms with Gasteiger partial charge in [-0.25, -0.2) is 14.4 Å². The maximum atomic E-state index is 12.6. The number of benzene rings is 3. The number of unbranched alkanes of at least 4 members (excludes halogenated alkanes) is 1. The maximum absolute atomic E-state index is 12.6. The minimum atomic E-state index is -0.523. The van der Waals surface area contributed by atoms with Gasteiger partial charge in [0.05, 0.1) is 24.3 Å². The van der Waals surface area contributed by atoms with E-state index in [0.29, 0.717) is 60.0 Å². The number of aryl methyl sites for hydroxylation is 2. The molecule has 3 aromatic rings. The number of rotatable bonds is 12. The van der Waals surface area contributed by atoms with Crippen LogP contribution in [0.5, 0.6) is 17.2 Å². The molecule has 0 aliphatic heterocycles. The molecular formula is C31H32O7. The third kappa shape index (κ3) is 8.34. The first kappa shape index (κ1) is 28.2. The predicted molar refractivity (Wildman–Crippen MR) is 144 cm³/mol. The van der Waals surface area contributed by atoms with Crippen LogP contribution in [0.4, 0.5) is 0 Å². The molecule has 0 N–H and O–H groups in total. The van der Waals surface area contributed by atoms with Gasteiger partial charge in [0.2, 0.25) is 0 Å². The molecule has 0 aliphatic carbocycles. The molecule has 38 heavy (non-hydrogen) atoms. The maximum Gasteiger partial charge on any atom is 0.343 e. The number of carbonyl (C=O) groups excluding carboxylic acids is 3. The van der Waals surface area contributed by atoms with E-state index in [-0.39, 0.29) is 0 Å². The van der Waals surface area contributed by atoms with Gasteiger partial charge < -0.3 is 18.9 Å². The van der Waals surface area contributed by atoms with E-state index in [4.69, 9.17) is 18.9 Å². The van der Waals surface area contributed by atoms with Crippen LogP contribution in [0.15, 0.2) is 78.9 Å². The summed E-state index contributed by atoms with van der Waals surface area (Å²) in [5.74, 6) is 0.0270. The molecule has 0 fully saturated rings. The molecule has 3 aromatic carbocycles. The van der Waals surface area contributed by atoms with Crippen LogP contribution in [0.25, 0.3) is 0 Å². The SMILES string of the molecule is C=C(C)C(=O)OCCCCOc1ccc(C(=O)Oc2ccc(C(=O)Oc3ccc(CC)cc3)cc2)cc1C. The number of hydrogen-bond donors (Lipinski definition) is 0. The minimum absolute atomic E-state index is 0.309. The smallest absolute Gasteiger partial charge is 0.343 e. The Morgan fingerprint density at radius 2 is 1.32 bits per heavy atom. The van der Waals surface area contributed by atoms with E-state index in [1.165, 1.54) is 0 Å². The molecule has 0 radical (unpaired) electrons. The average Bonchev–Trinajstić information content (AvgIpc) is 2.91. The van der Waals surface area contributed by atoms with Crippen molar-refractivity contribution in [3.63, 3.8) is 0 Å². The highest BCUT2D eigenvalue weighted by molar-refractivity contribution is 5.93. The molecule has 0 unspecified atom stereocenters. The van der Waals surface area contributed by atoms with Crippen LogP contribution in [-0.4, -0.2) is 31.1 Å². The van der Waals surface area contributed by atoms with E-state index in [9.17, 15) is 14.4 Å². The van der Waals surface area contributed by atoms with Crippen LogP contribution in [0, 0.1) is 6.92 Å². The second kappa shape index (κ2) is 13.8. The third-order valence-corrected chi connectivity index (χ3v) is 5.63. The van der Waals surface area contributed by atoms with Crippen molar-refractivity contribution in [2.24, 2.45) is 0 Å². The van der Waals surface area contributed by atoms with Gasteiger partial charge in [0.25, 0.3) is 0 Å². The second-order valence-corrected chi connectivity index (χ2v) is 8.75. The zero-order valence-corrected chi connectivity index (χ0v) is 22.0. The summed E-state index contributed by atoms with van der Waals surface area (Å²) in [5.41, 5.74) is 3.04. The lowest BCUT2D eigenvalue weighted by molar-refractivity contribution is -0.139. The van der Waals surface area contributed by atoms with E-state index in [1.54, 1.807) is 61.5 Å². The van der Waals surface area contributed by atoms with E-state index >= 15 is 0 Å². The predicted octanol–water partition coefficient (Wildman–Crippen LogP) is 6.27. The van der Waals surface area contributed by atoms with Crippen molar-refractivity contribution in [3.05, 3.63) is 101 Å². The number of ether oxygens (including phenoxy) is 4. The van der Waals surface area contributed by atoms with Crippen molar-refractivity contribution in [2.75, 3.05) is 13.2 Å². The molecule has 0 spiro atoms. The summed E-state index contributed by atoms with van der Waals surface area (Å²) in [6.45, 7) is 9.81. The van der Waals surface area contributed by atoms with Gasteiger partial charge in [-0.3, -0.25) is 0 Å². The first-order valence-corrected chi connectivity index (χ1v) is 12.5. The zero-order chi connectivity index (χ0) is 27.5. The Morgan fingerprint density at radius 3 is 1.89 bits per heavy atom. The molecule has 7 heteroatoms. The Bertz CT molecular complexity index is 1270. The molecule has 0 atom stereocenters. The highest BCUT2D eigenvalue weighted by atomic mass is 16.5. The minimum Gasteiger partial charge on any atom is -0.493 e. The van der Waals surface area contributed by atoms with Crippen LogP contribution < -0.4 is 14.2 Å². The van der Waals surface area contributed by atoms with E-state index in [1.807, 2.05) is 19.1 Å².